The van der Waals surface area contributed by atoms with E-state index < -0.39 is 0 Å². The predicted molar refractivity (Wildman–Crippen MR) is 98.3 cm³/mol. The Morgan fingerprint density at radius 1 is 1.19 bits per heavy atom. The molecule has 0 saturated carbocycles. The van der Waals surface area contributed by atoms with Gasteiger partial charge in [0.15, 0.2) is 5.76 Å². The van der Waals surface area contributed by atoms with E-state index in [4.69, 9.17) is 10.3 Å². The molecule has 2 N–H and O–H groups in total. The first-order valence-corrected chi connectivity index (χ1v) is 8.35. The highest BCUT2D eigenvalue weighted by atomic mass is 16.5. The van der Waals surface area contributed by atoms with Crippen LogP contribution in [0.5, 0.6) is 0 Å². The van der Waals surface area contributed by atoms with Gasteiger partial charge in [-0.3, -0.25) is 4.79 Å². The molecule has 7 nitrogen and oxygen atoms in total. The Hall–Kier alpha value is -3.22. The fraction of sp³-hybridized carbons (Fsp3) is 0.263. The molecule has 134 valence electrons. The van der Waals surface area contributed by atoms with Gasteiger partial charge in [0.25, 0.3) is 5.91 Å². The second-order valence-corrected chi connectivity index (χ2v) is 6.40. The number of nitrogen functional groups attached to an aromatic ring is 1. The fourth-order valence-corrected chi connectivity index (χ4v) is 2.52. The van der Waals surface area contributed by atoms with Gasteiger partial charge in [0.1, 0.15) is 11.4 Å². The summed E-state index contributed by atoms with van der Waals surface area (Å²) in [6.07, 6.45) is 0. The van der Waals surface area contributed by atoms with E-state index in [2.05, 4.69) is 15.1 Å². The molecule has 1 amide bonds. The minimum Gasteiger partial charge on any atom is -0.368 e. The molecule has 3 aromatic rings. The van der Waals surface area contributed by atoms with Gasteiger partial charge in [0.2, 0.25) is 5.95 Å². The first-order valence-electron chi connectivity index (χ1n) is 8.35. The first kappa shape index (κ1) is 17.6. The van der Waals surface area contributed by atoms with E-state index in [1.807, 2.05) is 50.2 Å². The molecule has 0 radical (unpaired) electrons. The van der Waals surface area contributed by atoms with Crippen LogP contribution in [0.2, 0.25) is 0 Å². The van der Waals surface area contributed by atoms with E-state index in [1.54, 1.807) is 13.1 Å². The Morgan fingerprint density at radius 3 is 2.62 bits per heavy atom. The third kappa shape index (κ3) is 3.88. The smallest absolute Gasteiger partial charge is 0.272 e. The van der Waals surface area contributed by atoms with Crippen molar-refractivity contribution in [3.05, 3.63) is 59.6 Å². The molecule has 2 heterocycles. The Morgan fingerprint density at radius 2 is 1.92 bits per heavy atom. The Bertz CT molecular complexity index is 905. The predicted octanol–water partition coefficient (Wildman–Crippen LogP) is 3.11. The van der Waals surface area contributed by atoms with Crippen LogP contribution in [0, 0.1) is 0 Å². The number of benzene rings is 1. The van der Waals surface area contributed by atoms with Crippen molar-refractivity contribution in [1.82, 2.24) is 20.0 Å². The molecule has 0 aliphatic carbocycles. The van der Waals surface area contributed by atoms with E-state index in [1.165, 1.54) is 4.90 Å². The quantitative estimate of drug-likeness (QED) is 0.758. The molecule has 1 aromatic carbocycles. The van der Waals surface area contributed by atoms with Crippen LogP contribution < -0.4 is 5.73 Å². The molecule has 3 rings (SSSR count). The van der Waals surface area contributed by atoms with Crippen LogP contribution in [0.25, 0.3) is 11.3 Å². The zero-order valence-corrected chi connectivity index (χ0v) is 15.0. The summed E-state index contributed by atoms with van der Waals surface area (Å²) in [5, 5.41) is 4.06. The fourth-order valence-electron chi connectivity index (χ4n) is 2.52. The standard InChI is InChI=1S/C19H21N5O2/c1-12(2)15-10-17(22-19(20)21-15)18(25)24(3)11-14-9-16(23-26-14)13-7-5-4-6-8-13/h4-10,12H,11H2,1-3H3,(H2,20,21,22). The topological polar surface area (TPSA) is 98.1 Å². The minimum absolute atomic E-state index is 0.0963. The van der Waals surface area contributed by atoms with Crippen LogP contribution in [0.15, 0.2) is 47.0 Å². The lowest BCUT2D eigenvalue weighted by molar-refractivity contribution is 0.0766. The Kier molecular flexibility index (Phi) is 4.97. The Balaban J connectivity index is 1.75. The van der Waals surface area contributed by atoms with Gasteiger partial charge in [-0.2, -0.15) is 0 Å². The average Bonchev–Trinajstić information content (AvgIpc) is 3.09. The average molecular weight is 351 g/mol. The summed E-state index contributed by atoms with van der Waals surface area (Å²) in [6.45, 7) is 4.25. The zero-order chi connectivity index (χ0) is 18.7. The summed E-state index contributed by atoms with van der Waals surface area (Å²) in [5.74, 6) is 0.586. The molecule has 2 aromatic heterocycles. The third-order valence-corrected chi connectivity index (χ3v) is 3.94. The van der Waals surface area contributed by atoms with Crippen molar-refractivity contribution in [2.45, 2.75) is 26.3 Å². The number of rotatable bonds is 5. The maximum Gasteiger partial charge on any atom is 0.272 e. The van der Waals surface area contributed by atoms with Gasteiger partial charge in [0.05, 0.1) is 6.54 Å². The van der Waals surface area contributed by atoms with Crippen LogP contribution >= 0.6 is 0 Å². The van der Waals surface area contributed by atoms with E-state index in [-0.39, 0.29) is 30.0 Å². The molecular weight excluding hydrogens is 330 g/mol. The van der Waals surface area contributed by atoms with Gasteiger partial charge in [-0.25, -0.2) is 9.97 Å². The number of aromatic nitrogens is 3. The lowest BCUT2D eigenvalue weighted by atomic mass is 10.1. The molecule has 0 saturated heterocycles. The number of hydrogen-bond donors (Lipinski definition) is 1. The van der Waals surface area contributed by atoms with Crippen molar-refractivity contribution >= 4 is 11.9 Å². The lowest BCUT2D eigenvalue weighted by Crippen LogP contribution is -2.27. The van der Waals surface area contributed by atoms with Crippen LogP contribution in [0.4, 0.5) is 5.95 Å². The highest BCUT2D eigenvalue weighted by molar-refractivity contribution is 5.92. The number of amides is 1. The minimum atomic E-state index is -0.251. The van der Waals surface area contributed by atoms with Crippen LogP contribution in [-0.2, 0) is 6.54 Å². The Labute approximate surface area is 151 Å². The molecule has 0 spiro atoms. The number of anilines is 1. The summed E-state index contributed by atoms with van der Waals surface area (Å²) in [7, 11) is 1.68. The van der Waals surface area contributed by atoms with Gasteiger partial charge in [-0.05, 0) is 12.0 Å². The number of nitrogens with two attached hydrogens (primary N) is 1. The number of carbonyl (C=O) groups excluding carboxylic acids is 1. The van der Waals surface area contributed by atoms with E-state index >= 15 is 0 Å². The first-order chi connectivity index (χ1) is 12.4. The zero-order valence-electron chi connectivity index (χ0n) is 15.0. The second kappa shape index (κ2) is 7.35. The van der Waals surface area contributed by atoms with E-state index in [0.717, 1.165) is 17.0 Å². The summed E-state index contributed by atoms with van der Waals surface area (Å²) in [4.78, 5) is 22.4. The molecule has 0 aliphatic rings. The van der Waals surface area contributed by atoms with Crippen molar-refractivity contribution in [3.8, 4) is 11.3 Å². The highest BCUT2D eigenvalue weighted by Crippen LogP contribution is 2.20. The molecule has 0 aliphatic heterocycles. The normalized spacial score (nSPS) is 10.9. The van der Waals surface area contributed by atoms with Crippen molar-refractivity contribution in [2.75, 3.05) is 12.8 Å². The largest absolute Gasteiger partial charge is 0.368 e. The maximum atomic E-state index is 12.7. The molecule has 0 bridgehead atoms. The molecule has 7 heteroatoms. The number of carbonyl (C=O) groups is 1. The monoisotopic (exact) mass is 351 g/mol. The SMILES string of the molecule is CC(C)c1cc(C(=O)N(C)Cc2cc(-c3ccccc3)no2)nc(N)n1. The summed E-state index contributed by atoms with van der Waals surface area (Å²) >= 11 is 0. The molecular formula is C19H21N5O2. The number of hydrogen-bond acceptors (Lipinski definition) is 6. The molecule has 0 fully saturated rings. The van der Waals surface area contributed by atoms with Crippen molar-refractivity contribution in [2.24, 2.45) is 0 Å². The summed E-state index contributed by atoms with van der Waals surface area (Å²) in [6, 6.07) is 13.2. The highest BCUT2D eigenvalue weighted by Gasteiger charge is 2.18. The van der Waals surface area contributed by atoms with Crippen molar-refractivity contribution < 1.29 is 9.32 Å². The van der Waals surface area contributed by atoms with E-state index in [9.17, 15) is 4.79 Å². The maximum absolute atomic E-state index is 12.7. The van der Waals surface area contributed by atoms with Gasteiger partial charge < -0.3 is 15.2 Å². The van der Waals surface area contributed by atoms with Crippen molar-refractivity contribution in [3.63, 3.8) is 0 Å². The molecule has 0 atom stereocenters. The van der Waals surface area contributed by atoms with Gasteiger partial charge in [0, 0.05) is 24.4 Å². The summed E-state index contributed by atoms with van der Waals surface area (Å²) in [5.41, 5.74) is 8.43. The summed E-state index contributed by atoms with van der Waals surface area (Å²) < 4.78 is 5.36. The van der Waals surface area contributed by atoms with Crippen molar-refractivity contribution in [1.29, 1.82) is 0 Å². The third-order valence-electron chi connectivity index (χ3n) is 3.94. The van der Waals surface area contributed by atoms with Crippen LogP contribution in [0.1, 0.15) is 41.7 Å². The number of nitrogens with zero attached hydrogens (tertiary/aromatic N) is 4. The van der Waals surface area contributed by atoms with Gasteiger partial charge in [-0.1, -0.05) is 49.3 Å². The van der Waals surface area contributed by atoms with E-state index in [0.29, 0.717) is 5.76 Å². The van der Waals surface area contributed by atoms with Crippen LogP contribution in [-0.4, -0.2) is 33.0 Å². The van der Waals surface area contributed by atoms with Gasteiger partial charge >= 0.3 is 0 Å². The second-order valence-electron chi connectivity index (χ2n) is 6.40. The lowest BCUT2D eigenvalue weighted by Gasteiger charge is -2.16. The van der Waals surface area contributed by atoms with Crippen LogP contribution in [0.3, 0.4) is 0 Å². The molecule has 26 heavy (non-hydrogen) atoms. The van der Waals surface area contributed by atoms with Gasteiger partial charge in [-0.15, -0.1) is 0 Å². The molecule has 0 unspecified atom stereocenters.